The summed E-state index contributed by atoms with van der Waals surface area (Å²) in [6.45, 7) is 0. The zero-order chi connectivity index (χ0) is 19.7. The molecule has 2 N–H and O–H groups in total. The molecule has 9 heteroatoms. The van der Waals surface area contributed by atoms with Crippen LogP contribution in [0.1, 0.15) is 15.4 Å². The van der Waals surface area contributed by atoms with Gasteiger partial charge in [-0.15, -0.1) is 11.3 Å². The molecule has 1 amide bonds. The summed E-state index contributed by atoms with van der Waals surface area (Å²) in [6.07, 6.45) is 1.20. The van der Waals surface area contributed by atoms with E-state index in [1.165, 1.54) is 17.6 Å². The topological polar surface area (TPSA) is 87.7 Å². The number of carbonyl (C=O) groups excluding carboxylic acids is 1. The highest BCUT2D eigenvalue weighted by molar-refractivity contribution is 7.21. The zero-order valence-corrected chi connectivity index (χ0v) is 16.3. The zero-order valence-electron chi connectivity index (χ0n) is 14.0. The Bertz CT molecular complexity index is 1200. The van der Waals surface area contributed by atoms with Crippen LogP contribution in [0, 0.1) is 0 Å². The Kier molecular flexibility index (Phi) is 5.04. The molecule has 0 radical (unpaired) electrons. The number of rotatable bonds is 4. The minimum absolute atomic E-state index is 0.0911. The van der Waals surface area contributed by atoms with Crippen LogP contribution in [0.25, 0.3) is 21.5 Å². The van der Waals surface area contributed by atoms with Gasteiger partial charge in [0.1, 0.15) is 4.88 Å². The molecule has 0 aliphatic rings. The molecule has 2 aromatic carbocycles. The molecule has 0 unspecified atom stereocenters. The van der Waals surface area contributed by atoms with E-state index in [1.54, 1.807) is 30.3 Å². The molecule has 0 bridgehead atoms. The molecule has 0 fully saturated rings. The fourth-order valence-electron chi connectivity index (χ4n) is 2.50. The van der Waals surface area contributed by atoms with Crippen molar-refractivity contribution in [3.63, 3.8) is 0 Å². The molecule has 2 heterocycles. The smallest absolute Gasteiger partial charge is 0.312 e. The third-order valence-electron chi connectivity index (χ3n) is 3.81. The van der Waals surface area contributed by atoms with Crippen molar-refractivity contribution in [3.8, 4) is 17.4 Å². The minimum atomic E-state index is -0.482. The van der Waals surface area contributed by atoms with Gasteiger partial charge in [0.15, 0.2) is 5.69 Å². The maximum Gasteiger partial charge on any atom is 0.312 e. The first-order valence-electron chi connectivity index (χ1n) is 7.99. The van der Waals surface area contributed by atoms with Gasteiger partial charge in [-0.3, -0.25) is 4.79 Å². The number of hydrazone groups is 1. The third kappa shape index (κ3) is 3.60. The van der Waals surface area contributed by atoms with E-state index in [2.05, 4.69) is 15.5 Å². The third-order valence-corrected chi connectivity index (χ3v) is 5.70. The van der Waals surface area contributed by atoms with Gasteiger partial charge in [-0.05, 0) is 24.3 Å². The number of oxazole rings is 1. The summed E-state index contributed by atoms with van der Waals surface area (Å²) in [6, 6.07) is 14.3. The van der Waals surface area contributed by atoms with E-state index in [9.17, 15) is 9.90 Å². The Morgan fingerprint density at radius 3 is 2.79 bits per heavy atom. The van der Waals surface area contributed by atoms with Crippen molar-refractivity contribution in [2.45, 2.75) is 0 Å². The maximum atomic E-state index is 12.4. The molecule has 2 aromatic heterocycles. The Morgan fingerprint density at radius 1 is 1.21 bits per heavy atom. The number of amides is 1. The van der Waals surface area contributed by atoms with Gasteiger partial charge < -0.3 is 9.52 Å². The molecule has 4 rings (SSSR count). The van der Waals surface area contributed by atoms with Crippen molar-refractivity contribution in [2.24, 2.45) is 5.10 Å². The molecule has 0 aliphatic heterocycles. The second kappa shape index (κ2) is 7.63. The maximum absolute atomic E-state index is 12.4. The summed E-state index contributed by atoms with van der Waals surface area (Å²) in [5.74, 6) is -0.633. The number of nitrogens with zero attached hydrogens (tertiary/aromatic N) is 2. The van der Waals surface area contributed by atoms with Gasteiger partial charge in [0, 0.05) is 20.7 Å². The lowest BCUT2D eigenvalue weighted by Gasteiger charge is -1.96. The Labute approximate surface area is 173 Å². The van der Waals surface area contributed by atoms with Crippen molar-refractivity contribution in [1.82, 2.24) is 10.4 Å². The largest absolute Gasteiger partial charge is 0.479 e. The SMILES string of the molecule is O=C(NN=Cc1nc(-c2ccccc2)oc1O)c1sc2cc(Cl)ccc2c1Cl. The van der Waals surface area contributed by atoms with E-state index in [-0.39, 0.29) is 11.6 Å². The highest BCUT2D eigenvalue weighted by atomic mass is 35.5. The average Bonchev–Trinajstić information content (AvgIpc) is 3.22. The second-order valence-corrected chi connectivity index (χ2v) is 7.53. The first-order valence-corrected chi connectivity index (χ1v) is 9.56. The number of hydrogen-bond acceptors (Lipinski definition) is 6. The monoisotopic (exact) mass is 431 g/mol. The van der Waals surface area contributed by atoms with E-state index < -0.39 is 11.9 Å². The Morgan fingerprint density at radius 2 is 2.00 bits per heavy atom. The lowest BCUT2D eigenvalue weighted by molar-refractivity contribution is 0.0959. The predicted molar refractivity (Wildman–Crippen MR) is 111 cm³/mol. The van der Waals surface area contributed by atoms with Gasteiger partial charge in [0.2, 0.25) is 5.89 Å². The van der Waals surface area contributed by atoms with Crippen LogP contribution >= 0.6 is 34.5 Å². The number of fused-ring (bicyclic) bond motifs is 1. The lowest BCUT2D eigenvalue weighted by atomic mass is 10.2. The molecule has 0 spiro atoms. The highest BCUT2D eigenvalue weighted by Gasteiger charge is 2.17. The van der Waals surface area contributed by atoms with Crippen LogP contribution in [-0.4, -0.2) is 22.2 Å². The molecule has 28 heavy (non-hydrogen) atoms. The van der Waals surface area contributed by atoms with E-state index >= 15 is 0 Å². The number of aromatic hydroxyl groups is 1. The summed E-state index contributed by atoms with van der Waals surface area (Å²) in [7, 11) is 0. The molecule has 4 aromatic rings. The molecule has 0 saturated carbocycles. The van der Waals surface area contributed by atoms with Gasteiger partial charge >= 0.3 is 5.95 Å². The normalized spacial score (nSPS) is 11.4. The molecular weight excluding hydrogens is 421 g/mol. The van der Waals surface area contributed by atoms with Crippen LogP contribution in [0.5, 0.6) is 5.95 Å². The van der Waals surface area contributed by atoms with Crippen molar-refractivity contribution in [3.05, 3.63) is 69.1 Å². The molecule has 0 aliphatic carbocycles. The van der Waals surface area contributed by atoms with Gasteiger partial charge in [-0.1, -0.05) is 47.5 Å². The number of nitrogens with one attached hydrogen (secondary N) is 1. The lowest BCUT2D eigenvalue weighted by Crippen LogP contribution is -2.16. The number of hydrogen-bond donors (Lipinski definition) is 2. The Hall–Kier alpha value is -2.87. The molecule has 140 valence electrons. The summed E-state index contributed by atoms with van der Waals surface area (Å²) < 4.78 is 6.02. The standard InChI is InChI=1S/C19H11Cl2N3O3S/c20-11-6-7-12-14(8-11)28-16(15(12)21)17(25)24-22-9-13-19(26)27-18(23-13)10-4-2-1-3-5-10/h1-9,26H,(H,24,25). The fraction of sp³-hybridized carbons (Fsp3) is 0. The quantitative estimate of drug-likeness (QED) is 0.337. The van der Waals surface area contributed by atoms with E-state index in [0.717, 1.165) is 10.1 Å². The predicted octanol–water partition coefficient (Wildman–Crippen LogP) is 5.33. The summed E-state index contributed by atoms with van der Waals surface area (Å²) in [5.41, 5.74) is 3.17. The van der Waals surface area contributed by atoms with Crippen molar-refractivity contribution >= 4 is 56.7 Å². The number of benzene rings is 2. The number of halogens is 2. The van der Waals surface area contributed by atoms with Crippen LogP contribution in [0.3, 0.4) is 0 Å². The van der Waals surface area contributed by atoms with Crippen LogP contribution < -0.4 is 5.43 Å². The average molecular weight is 432 g/mol. The Balaban J connectivity index is 1.52. The molecule has 0 atom stereocenters. The molecular formula is C19H11Cl2N3O3S. The fourth-order valence-corrected chi connectivity index (χ4v) is 4.18. The van der Waals surface area contributed by atoms with Crippen LogP contribution in [-0.2, 0) is 0 Å². The van der Waals surface area contributed by atoms with Crippen molar-refractivity contribution in [1.29, 1.82) is 0 Å². The minimum Gasteiger partial charge on any atom is -0.479 e. The van der Waals surface area contributed by atoms with Gasteiger partial charge in [0.05, 0.1) is 11.2 Å². The number of carbonyl (C=O) groups is 1. The highest BCUT2D eigenvalue weighted by Crippen LogP contribution is 2.36. The van der Waals surface area contributed by atoms with E-state index in [4.69, 9.17) is 27.6 Å². The van der Waals surface area contributed by atoms with Gasteiger partial charge in [-0.25, -0.2) is 10.4 Å². The molecule has 6 nitrogen and oxygen atoms in total. The summed E-state index contributed by atoms with van der Waals surface area (Å²) >= 11 is 13.5. The van der Waals surface area contributed by atoms with Gasteiger partial charge in [0.25, 0.3) is 5.91 Å². The van der Waals surface area contributed by atoms with E-state index in [1.807, 2.05) is 18.2 Å². The van der Waals surface area contributed by atoms with Crippen LogP contribution in [0.15, 0.2) is 58.0 Å². The first-order chi connectivity index (χ1) is 13.5. The van der Waals surface area contributed by atoms with E-state index in [0.29, 0.717) is 20.5 Å². The summed E-state index contributed by atoms with van der Waals surface area (Å²) in [4.78, 5) is 16.9. The second-order valence-electron chi connectivity index (χ2n) is 5.66. The summed E-state index contributed by atoms with van der Waals surface area (Å²) in [5, 5.41) is 15.3. The molecule has 0 saturated heterocycles. The number of thiophene rings is 1. The number of aromatic nitrogens is 1. The van der Waals surface area contributed by atoms with Gasteiger partial charge in [-0.2, -0.15) is 5.10 Å². The first kappa shape index (κ1) is 18.5. The van der Waals surface area contributed by atoms with Crippen molar-refractivity contribution in [2.75, 3.05) is 0 Å². The van der Waals surface area contributed by atoms with Crippen LogP contribution in [0.4, 0.5) is 0 Å². The van der Waals surface area contributed by atoms with Crippen LogP contribution in [0.2, 0.25) is 10.0 Å². The van der Waals surface area contributed by atoms with Crippen molar-refractivity contribution < 1.29 is 14.3 Å².